The van der Waals surface area contributed by atoms with Gasteiger partial charge in [0.25, 0.3) is 5.91 Å². The molecule has 0 spiro atoms. The van der Waals surface area contributed by atoms with Crippen LogP contribution >= 0.6 is 11.3 Å². The number of aromatic nitrogens is 3. The van der Waals surface area contributed by atoms with Crippen molar-refractivity contribution in [2.75, 3.05) is 46.3 Å². The first-order valence-corrected chi connectivity index (χ1v) is 12.5. The largest absolute Gasteiger partial charge is 0.340 e. The Hall–Kier alpha value is -2.78. The minimum atomic E-state index is 0.00618. The highest BCUT2D eigenvalue weighted by Gasteiger charge is 2.32. The summed E-state index contributed by atoms with van der Waals surface area (Å²) in [5.41, 5.74) is 2.20. The fraction of sp³-hybridized carbons (Fsp3) is 0.500. The molecule has 3 aromatic heterocycles. The molecule has 0 saturated carbocycles. The Balaban J connectivity index is 1.28. The van der Waals surface area contributed by atoms with Crippen molar-refractivity contribution in [2.45, 2.75) is 26.3 Å². The number of piperidine rings is 1. The summed E-state index contributed by atoms with van der Waals surface area (Å²) in [5.74, 6) is 0.282. The van der Waals surface area contributed by atoms with Gasteiger partial charge in [-0.25, -0.2) is 9.67 Å². The number of nitrogens with zero attached hydrogens (tertiary/aromatic N) is 6. The molecule has 8 nitrogen and oxygen atoms in total. The van der Waals surface area contributed by atoms with E-state index in [1.165, 1.54) is 4.88 Å². The maximum atomic E-state index is 13.5. The molecule has 33 heavy (non-hydrogen) atoms. The molecule has 2 aliphatic rings. The van der Waals surface area contributed by atoms with Gasteiger partial charge in [-0.3, -0.25) is 9.59 Å². The molecule has 0 atom stereocenters. The number of piperazine rings is 1. The van der Waals surface area contributed by atoms with Gasteiger partial charge in [0.1, 0.15) is 0 Å². The first-order chi connectivity index (χ1) is 16.0. The van der Waals surface area contributed by atoms with Gasteiger partial charge >= 0.3 is 0 Å². The summed E-state index contributed by atoms with van der Waals surface area (Å²) in [6.07, 6.45) is 3.20. The van der Waals surface area contributed by atoms with E-state index in [0.29, 0.717) is 25.2 Å². The van der Waals surface area contributed by atoms with Gasteiger partial charge in [0.05, 0.1) is 23.7 Å². The zero-order valence-corrected chi connectivity index (χ0v) is 20.1. The highest BCUT2D eigenvalue weighted by atomic mass is 32.1. The van der Waals surface area contributed by atoms with Gasteiger partial charge in [-0.1, -0.05) is 6.07 Å². The molecular formula is C24H30N6O2S. The molecule has 9 heteroatoms. The first kappa shape index (κ1) is 22.0. The van der Waals surface area contributed by atoms with Crippen LogP contribution in [0.2, 0.25) is 0 Å². The van der Waals surface area contributed by atoms with Crippen LogP contribution in [-0.4, -0.2) is 87.6 Å². The molecule has 0 radical (unpaired) electrons. The van der Waals surface area contributed by atoms with Crippen LogP contribution in [0.25, 0.3) is 11.0 Å². The monoisotopic (exact) mass is 466 g/mol. The first-order valence-electron chi connectivity index (χ1n) is 11.6. The van der Waals surface area contributed by atoms with Gasteiger partial charge in [-0.05, 0) is 44.3 Å². The fourth-order valence-electron chi connectivity index (χ4n) is 4.80. The molecule has 0 aromatic carbocycles. The SMILES string of the molecule is Cc1cc(C(=O)N2CCC(C(=O)N3CCN(C)CC3)CC2)c2cnn(Cc3cccs3)c2n1. The van der Waals surface area contributed by atoms with E-state index in [1.54, 1.807) is 17.5 Å². The molecular weight excluding hydrogens is 436 g/mol. The average molecular weight is 467 g/mol. The highest BCUT2D eigenvalue weighted by molar-refractivity contribution is 7.09. The number of carbonyl (C=O) groups excluding carboxylic acids is 2. The van der Waals surface area contributed by atoms with E-state index in [9.17, 15) is 9.59 Å². The van der Waals surface area contributed by atoms with Gasteiger partial charge in [0.2, 0.25) is 5.91 Å². The molecule has 2 amide bonds. The summed E-state index contributed by atoms with van der Waals surface area (Å²) in [6, 6.07) is 5.97. The molecule has 0 unspecified atom stereocenters. The third kappa shape index (κ3) is 4.52. The van der Waals surface area contributed by atoms with E-state index in [4.69, 9.17) is 0 Å². The maximum Gasteiger partial charge on any atom is 0.254 e. The minimum absolute atomic E-state index is 0.00618. The number of thiophene rings is 1. The number of fused-ring (bicyclic) bond motifs is 1. The Morgan fingerprint density at radius 1 is 1.09 bits per heavy atom. The summed E-state index contributed by atoms with van der Waals surface area (Å²) in [5, 5.41) is 7.37. The van der Waals surface area contributed by atoms with E-state index in [0.717, 1.165) is 55.7 Å². The number of aryl methyl sites for hydroxylation is 1. The van der Waals surface area contributed by atoms with Gasteiger partial charge in [-0.15, -0.1) is 11.3 Å². The second kappa shape index (κ2) is 9.23. The number of pyridine rings is 1. The lowest BCUT2D eigenvalue weighted by molar-refractivity contribution is -0.138. The van der Waals surface area contributed by atoms with Crippen molar-refractivity contribution in [3.05, 3.63) is 45.9 Å². The van der Waals surface area contributed by atoms with Crippen LogP contribution in [-0.2, 0) is 11.3 Å². The fourth-order valence-corrected chi connectivity index (χ4v) is 5.49. The molecule has 2 fully saturated rings. The number of likely N-dealkylation sites (tertiary alicyclic amines) is 1. The summed E-state index contributed by atoms with van der Waals surface area (Å²) >= 11 is 1.68. The van der Waals surface area contributed by atoms with E-state index in [2.05, 4.69) is 28.1 Å². The smallest absolute Gasteiger partial charge is 0.254 e. The molecule has 0 N–H and O–H groups in total. The van der Waals surface area contributed by atoms with E-state index >= 15 is 0 Å². The molecule has 0 aliphatic carbocycles. The zero-order valence-electron chi connectivity index (χ0n) is 19.2. The number of likely N-dealkylation sites (N-methyl/N-ethyl adjacent to an activating group) is 1. The predicted molar refractivity (Wildman–Crippen MR) is 128 cm³/mol. The summed E-state index contributed by atoms with van der Waals surface area (Å²) in [7, 11) is 2.09. The van der Waals surface area contributed by atoms with Crippen LogP contribution in [0.5, 0.6) is 0 Å². The number of carbonyl (C=O) groups is 2. The van der Waals surface area contributed by atoms with Crippen molar-refractivity contribution in [1.29, 1.82) is 0 Å². The number of hydrogen-bond acceptors (Lipinski definition) is 6. The molecule has 3 aromatic rings. The Kier molecular flexibility index (Phi) is 6.16. The molecule has 5 heterocycles. The van der Waals surface area contributed by atoms with Crippen LogP contribution in [0.4, 0.5) is 0 Å². The molecule has 2 saturated heterocycles. The van der Waals surface area contributed by atoms with Crippen molar-refractivity contribution >= 4 is 34.2 Å². The van der Waals surface area contributed by atoms with Crippen molar-refractivity contribution in [2.24, 2.45) is 5.92 Å². The highest BCUT2D eigenvalue weighted by Crippen LogP contribution is 2.25. The van der Waals surface area contributed by atoms with E-state index < -0.39 is 0 Å². The third-order valence-corrected chi connectivity index (χ3v) is 7.66. The van der Waals surface area contributed by atoms with Gasteiger partial charge in [0.15, 0.2) is 5.65 Å². The average Bonchev–Trinajstić information content (AvgIpc) is 3.49. The Labute approximate surface area is 197 Å². The van der Waals surface area contributed by atoms with Crippen LogP contribution in [0.1, 0.15) is 33.8 Å². The standard InChI is InChI=1S/C24H30N6O2S/c1-17-14-20(21-15-25-30(22(21)26-17)16-19-4-3-13-33-19)24(32)28-7-5-18(6-8-28)23(31)29-11-9-27(2)10-12-29/h3-4,13-15,18H,5-12,16H2,1-2H3. The lowest BCUT2D eigenvalue weighted by atomic mass is 9.94. The summed E-state index contributed by atoms with van der Waals surface area (Å²) in [4.78, 5) is 38.4. The second-order valence-electron chi connectivity index (χ2n) is 9.13. The third-order valence-electron chi connectivity index (χ3n) is 6.80. The Morgan fingerprint density at radius 3 is 2.55 bits per heavy atom. The molecule has 174 valence electrons. The van der Waals surface area contributed by atoms with Gasteiger partial charge in [-0.2, -0.15) is 5.10 Å². The lowest BCUT2D eigenvalue weighted by Gasteiger charge is -2.37. The number of amides is 2. The molecule has 5 rings (SSSR count). The number of hydrogen-bond donors (Lipinski definition) is 0. The zero-order chi connectivity index (χ0) is 22.9. The topological polar surface area (TPSA) is 74.6 Å². The lowest BCUT2D eigenvalue weighted by Crippen LogP contribution is -2.51. The van der Waals surface area contributed by atoms with Crippen LogP contribution in [0, 0.1) is 12.8 Å². The Bertz CT molecular complexity index is 1140. The number of rotatable bonds is 4. The minimum Gasteiger partial charge on any atom is -0.340 e. The summed E-state index contributed by atoms with van der Waals surface area (Å²) < 4.78 is 1.87. The van der Waals surface area contributed by atoms with Gasteiger partial charge in [0, 0.05) is 55.8 Å². The van der Waals surface area contributed by atoms with Crippen molar-refractivity contribution in [3.63, 3.8) is 0 Å². The van der Waals surface area contributed by atoms with Crippen LogP contribution in [0.15, 0.2) is 29.8 Å². The van der Waals surface area contributed by atoms with Crippen molar-refractivity contribution in [1.82, 2.24) is 29.5 Å². The van der Waals surface area contributed by atoms with Crippen molar-refractivity contribution in [3.8, 4) is 0 Å². The van der Waals surface area contributed by atoms with Gasteiger partial charge < -0.3 is 14.7 Å². The molecule has 2 aliphatic heterocycles. The predicted octanol–water partition coefficient (Wildman–Crippen LogP) is 2.48. The second-order valence-corrected chi connectivity index (χ2v) is 10.2. The maximum absolute atomic E-state index is 13.5. The molecule has 0 bridgehead atoms. The normalized spacial score (nSPS) is 18.2. The van der Waals surface area contributed by atoms with E-state index in [1.807, 2.05) is 38.9 Å². The van der Waals surface area contributed by atoms with Crippen molar-refractivity contribution < 1.29 is 9.59 Å². The Morgan fingerprint density at radius 2 is 1.85 bits per heavy atom. The van der Waals surface area contributed by atoms with Crippen LogP contribution < -0.4 is 0 Å². The van der Waals surface area contributed by atoms with Crippen LogP contribution in [0.3, 0.4) is 0 Å². The quantitative estimate of drug-likeness (QED) is 0.591. The van der Waals surface area contributed by atoms with E-state index in [-0.39, 0.29) is 17.7 Å². The summed E-state index contributed by atoms with van der Waals surface area (Å²) in [6.45, 7) is 7.24.